The van der Waals surface area contributed by atoms with Crippen molar-refractivity contribution in [1.82, 2.24) is 4.98 Å². The zero-order valence-electron chi connectivity index (χ0n) is 20.5. The SMILES string of the molecule is CC(=O)[C@@]1(O)CC[C@H]2[C@@H]3C[C@H](C)C4=C/C(=N/OCc5cccnc5)CC[C@]4(C)[C@H]3CC[C@@]21C. The topological polar surface area (TPSA) is 71.8 Å². The lowest BCUT2D eigenvalue weighted by molar-refractivity contribution is -0.160. The summed E-state index contributed by atoms with van der Waals surface area (Å²) in [4.78, 5) is 22.3. The van der Waals surface area contributed by atoms with E-state index in [1.165, 1.54) is 5.57 Å². The first kappa shape index (κ1) is 22.8. The van der Waals surface area contributed by atoms with E-state index in [4.69, 9.17) is 4.84 Å². The Bertz CT molecular complexity index is 988. The van der Waals surface area contributed by atoms with Crippen molar-refractivity contribution in [1.29, 1.82) is 0 Å². The molecule has 0 bridgehead atoms. The van der Waals surface area contributed by atoms with Crippen molar-refractivity contribution < 1.29 is 14.7 Å². The number of Topliss-reactive ketones (excluding diaryl/α,β-unsaturated/α-hetero) is 1. The summed E-state index contributed by atoms with van der Waals surface area (Å²) in [6.45, 7) is 9.05. The molecule has 5 rings (SSSR count). The molecule has 5 nitrogen and oxygen atoms in total. The third-order valence-electron chi connectivity index (χ3n) is 10.2. The summed E-state index contributed by atoms with van der Waals surface area (Å²) in [5.74, 6) is 2.07. The summed E-state index contributed by atoms with van der Waals surface area (Å²) in [6, 6.07) is 3.91. The highest BCUT2D eigenvalue weighted by atomic mass is 16.6. The van der Waals surface area contributed by atoms with Gasteiger partial charge in [0.15, 0.2) is 5.78 Å². The second-order valence-corrected chi connectivity index (χ2v) is 11.7. The van der Waals surface area contributed by atoms with Crippen LogP contribution in [-0.2, 0) is 16.2 Å². The van der Waals surface area contributed by atoms with Gasteiger partial charge in [-0.3, -0.25) is 9.78 Å². The second-order valence-electron chi connectivity index (χ2n) is 11.7. The van der Waals surface area contributed by atoms with Gasteiger partial charge < -0.3 is 9.94 Å². The number of pyridine rings is 1. The van der Waals surface area contributed by atoms with Gasteiger partial charge in [-0.1, -0.05) is 37.6 Å². The van der Waals surface area contributed by atoms with Gasteiger partial charge >= 0.3 is 0 Å². The van der Waals surface area contributed by atoms with Crippen molar-refractivity contribution in [2.75, 3.05) is 0 Å². The first-order valence-corrected chi connectivity index (χ1v) is 12.7. The van der Waals surface area contributed by atoms with Gasteiger partial charge in [-0.05, 0) is 93.1 Å². The van der Waals surface area contributed by atoms with Gasteiger partial charge in [0, 0.05) is 23.4 Å². The Morgan fingerprint density at radius 1 is 1.24 bits per heavy atom. The van der Waals surface area contributed by atoms with E-state index in [0.29, 0.717) is 36.7 Å². The molecule has 0 aromatic carbocycles. The van der Waals surface area contributed by atoms with E-state index in [0.717, 1.165) is 49.8 Å². The average Bonchev–Trinajstić information content (AvgIpc) is 3.07. The fourth-order valence-electron chi connectivity index (χ4n) is 8.34. The minimum Gasteiger partial charge on any atom is -0.391 e. The van der Waals surface area contributed by atoms with Gasteiger partial charge in [0.1, 0.15) is 12.2 Å². The van der Waals surface area contributed by atoms with Gasteiger partial charge in [0.2, 0.25) is 0 Å². The number of hydrogen-bond acceptors (Lipinski definition) is 5. The maximum absolute atomic E-state index is 12.5. The summed E-state index contributed by atoms with van der Waals surface area (Å²) >= 11 is 0. The first-order valence-electron chi connectivity index (χ1n) is 12.7. The van der Waals surface area contributed by atoms with Crippen LogP contribution in [-0.4, -0.2) is 27.2 Å². The molecule has 33 heavy (non-hydrogen) atoms. The van der Waals surface area contributed by atoms with Gasteiger partial charge in [0.25, 0.3) is 0 Å². The van der Waals surface area contributed by atoms with Crippen LogP contribution in [0.15, 0.2) is 41.3 Å². The van der Waals surface area contributed by atoms with E-state index in [1.807, 2.05) is 18.3 Å². The van der Waals surface area contributed by atoms with Crippen molar-refractivity contribution >= 4 is 11.5 Å². The van der Waals surface area contributed by atoms with E-state index in [1.54, 1.807) is 13.1 Å². The number of ketones is 1. The highest BCUT2D eigenvalue weighted by Gasteiger charge is 2.66. The van der Waals surface area contributed by atoms with Crippen LogP contribution in [0.4, 0.5) is 0 Å². The molecule has 0 aliphatic heterocycles. The normalized spacial score (nSPS) is 43.3. The number of allylic oxidation sites excluding steroid dienone is 2. The molecule has 4 aliphatic rings. The molecule has 1 N–H and O–H groups in total. The smallest absolute Gasteiger partial charge is 0.161 e. The number of oxime groups is 1. The Kier molecular flexibility index (Phi) is 5.55. The van der Waals surface area contributed by atoms with Crippen LogP contribution in [0.2, 0.25) is 0 Å². The van der Waals surface area contributed by atoms with Crippen molar-refractivity contribution in [3.8, 4) is 0 Å². The maximum atomic E-state index is 12.5. The molecule has 1 aromatic heterocycles. The molecule has 1 aromatic rings. The van der Waals surface area contributed by atoms with Crippen LogP contribution >= 0.6 is 0 Å². The molecule has 0 unspecified atom stereocenters. The number of fused-ring (bicyclic) bond motifs is 5. The standard InChI is InChI=1S/C28H38N2O3/c1-18-14-22-23(8-11-27(4)24(22)9-12-28(27,32)19(2)31)26(3)10-7-21(15-25(18)26)30-33-17-20-6-5-13-29-16-20/h5-6,13,15-16,18,22-24,32H,7-12,14,17H2,1-4H3/b30-21+/t18-,22+,23-,24-,26+,27-,28-/m0/s1. The molecule has 3 saturated carbocycles. The second kappa shape index (κ2) is 8.04. The number of carbonyl (C=O) groups is 1. The number of carbonyl (C=O) groups excluding carboxylic acids is 1. The summed E-state index contributed by atoms with van der Waals surface area (Å²) in [6.07, 6.45) is 12.7. The lowest BCUT2D eigenvalue weighted by Gasteiger charge is -2.60. The lowest BCUT2D eigenvalue weighted by atomic mass is 9.44. The molecule has 0 spiro atoms. The van der Waals surface area contributed by atoms with Gasteiger partial charge in [0.05, 0.1) is 5.71 Å². The Balaban J connectivity index is 1.37. The fourth-order valence-corrected chi connectivity index (χ4v) is 8.34. The lowest BCUT2D eigenvalue weighted by Crippen LogP contribution is -2.57. The molecule has 0 radical (unpaired) electrons. The van der Waals surface area contributed by atoms with Gasteiger partial charge in [-0.15, -0.1) is 0 Å². The van der Waals surface area contributed by atoms with Crippen molar-refractivity contribution in [2.24, 2.45) is 39.7 Å². The molecule has 4 aliphatic carbocycles. The monoisotopic (exact) mass is 450 g/mol. The Labute approximate surface area is 197 Å². The number of hydrogen-bond donors (Lipinski definition) is 1. The predicted molar refractivity (Wildman–Crippen MR) is 128 cm³/mol. The molecule has 3 fully saturated rings. The van der Waals surface area contributed by atoms with Crippen LogP contribution in [0.5, 0.6) is 0 Å². The van der Waals surface area contributed by atoms with E-state index in [-0.39, 0.29) is 16.6 Å². The average molecular weight is 451 g/mol. The number of nitrogens with zero attached hydrogens (tertiary/aromatic N) is 2. The van der Waals surface area contributed by atoms with E-state index in [2.05, 4.69) is 37.0 Å². The molecule has 0 saturated heterocycles. The highest BCUT2D eigenvalue weighted by Crippen LogP contribution is 2.68. The molecule has 178 valence electrons. The summed E-state index contributed by atoms with van der Waals surface area (Å²) < 4.78 is 0. The van der Waals surface area contributed by atoms with E-state index in [9.17, 15) is 9.90 Å². The fraction of sp³-hybridized carbons (Fsp3) is 0.679. The molecule has 7 atom stereocenters. The Morgan fingerprint density at radius 3 is 2.76 bits per heavy atom. The Hall–Kier alpha value is -2.01. The number of aliphatic hydroxyl groups is 1. The number of rotatable bonds is 4. The van der Waals surface area contributed by atoms with Crippen LogP contribution in [0.1, 0.15) is 78.2 Å². The maximum Gasteiger partial charge on any atom is 0.161 e. The molecular formula is C28H38N2O3. The van der Waals surface area contributed by atoms with E-state index >= 15 is 0 Å². The minimum absolute atomic E-state index is 0.0357. The number of aromatic nitrogens is 1. The summed E-state index contributed by atoms with van der Waals surface area (Å²) in [5.41, 5.74) is 2.35. The third kappa shape index (κ3) is 3.41. The minimum atomic E-state index is -1.14. The molecule has 5 heteroatoms. The van der Waals surface area contributed by atoms with Crippen molar-refractivity contribution in [2.45, 2.75) is 84.8 Å². The van der Waals surface area contributed by atoms with Crippen molar-refractivity contribution in [3.05, 3.63) is 41.7 Å². The van der Waals surface area contributed by atoms with Crippen molar-refractivity contribution in [3.63, 3.8) is 0 Å². The quantitative estimate of drug-likeness (QED) is 0.616. The zero-order chi connectivity index (χ0) is 23.4. The Morgan fingerprint density at radius 2 is 2.03 bits per heavy atom. The van der Waals surface area contributed by atoms with Crippen LogP contribution in [0.3, 0.4) is 0 Å². The van der Waals surface area contributed by atoms with Gasteiger partial charge in [-0.2, -0.15) is 0 Å². The third-order valence-corrected chi connectivity index (χ3v) is 10.2. The predicted octanol–water partition coefficient (Wildman–Crippen LogP) is 5.48. The molecule has 0 amide bonds. The largest absolute Gasteiger partial charge is 0.391 e. The highest BCUT2D eigenvalue weighted by molar-refractivity contribution is 5.96. The summed E-state index contributed by atoms with van der Waals surface area (Å²) in [5, 5.41) is 15.9. The molecule has 1 heterocycles. The van der Waals surface area contributed by atoms with Crippen LogP contribution < -0.4 is 0 Å². The van der Waals surface area contributed by atoms with Gasteiger partial charge in [-0.25, -0.2) is 0 Å². The van der Waals surface area contributed by atoms with Crippen LogP contribution in [0.25, 0.3) is 0 Å². The molecular weight excluding hydrogens is 412 g/mol. The van der Waals surface area contributed by atoms with Crippen LogP contribution in [0, 0.1) is 34.5 Å². The zero-order valence-corrected chi connectivity index (χ0v) is 20.5. The van der Waals surface area contributed by atoms with E-state index < -0.39 is 5.60 Å². The summed E-state index contributed by atoms with van der Waals surface area (Å²) in [7, 11) is 0. The first-order chi connectivity index (χ1) is 15.7.